The molecule has 1 N–H and O–H groups in total. The van der Waals surface area contributed by atoms with Crippen molar-refractivity contribution >= 4 is 40.5 Å². The molecule has 0 aliphatic heterocycles. The smallest absolute Gasteiger partial charge is 0.313 e. The van der Waals surface area contributed by atoms with E-state index in [4.69, 9.17) is 21.4 Å². The molecule has 2 aromatic heterocycles. The van der Waals surface area contributed by atoms with E-state index in [0.29, 0.717) is 33.8 Å². The van der Waals surface area contributed by atoms with Crippen LogP contribution in [0.15, 0.2) is 28.9 Å². The number of hydrogen-bond acceptors (Lipinski definition) is 5. The second-order valence-corrected chi connectivity index (χ2v) is 5.35. The monoisotopic (exact) mass is 313 g/mol. The predicted molar refractivity (Wildman–Crippen MR) is 77.4 cm³/mol. The van der Waals surface area contributed by atoms with Crippen molar-refractivity contribution in [2.75, 3.05) is 12.9 Å². The Labute approximate surface area is 124 Å². The largest absolute Gasteiger partial charge is 0.481 e. The highest BCUT2D eigenvalue weighted by molar-refractivity contribution is 7.99. The van der Waals surface area contributed by atoms with Gasteiger partial charge in [0.15, 0.2) is 10.8 Å². The summed E-state index contributed by atoms with van der Waals surface area (Å²) in [5.74, 6) is -0.549. The van der Waals surface area contributed by atoms with Gasteiger partial charge in [-0.3, -0.25) is 9.36 Å². The lowest BCUT2D eigenvalue weighted by Crippen LogP contribution is -2.04. The molecule has 0 radical (unpaired) electrons. The van der Waals surface area contributed by atoms with Crippen molar-refractivity contribution in [1.82, 2.24) is 14.5 Å². The van der Waals surface area contributed by atoms with E-state index in [0.717, 1.165) is 11.8 Å². The second kappa shape index (κ2) is 6.15. The fourth-order valence-electron chi connectivity index (χ4n) is 1.63. The van der Waals surface area contributed by atoms with E-state index in [1.54, 1.807) is 16.7 Å². The summed E-state index contributed by atoms with van der Waals surface area (Å²) in [6.45, 7) is 3.95. The van der Waals surface area contributed by atoms with Crippen molar-refractivity contribution in [2.24, 2.45) is 0 Å². The summed E-state index contributed by atoms with van der Waals surface area (Å²) in [6, 6.07) is 3.46. The number of carboxylic acid groups (broad SMARTS) is 1. The maximum atomic E-state index is 10.7. The molecular formula is C12H12ClN3O3S. The Kier molecular flexibility index (Phi) is 4.51. The number of carbonyl (C=O) groups is 1. The van der Waals surface area contributed by atoms with Crippen LogP contribution in [-0.4, -0.2) is 38.5 Å². The molecule has 0 unspecified atom stereocenters. The third kappa shape index (κ3) is 3.23. The summed E-state index contributed by atoms with van der Waals surface area (Å²) < 4.78 is 6.80. The summed E-state index contributed by atoms with van der Waals surface area (Å²) in [6.07, 6.45) is 0. The number of aromatic nitrogens is 3. The molecule has 0 atom stereocenters. The molecule has 2 heterocycles. The lowest BCUT2D eigenvalue weighted by atomic mass is 10.4. The van der Waals surface area contributed by atoms with Crippen molar-refractivity contribution in [3.63, 3.8) is 0 Å². The second-order valence-electron chi connectivity index (χ2n) is 3.88. The highest BCUT2D eigenvalue weighted by Crippen LogP contribution is 2.25. The number of thioether (sulfide) groups is 1. The molecule has 20 heavy (non-hydrogen) atoms. The minimum absolute atomic E-state index is 0.0881. The van der Waals surface area contributed by atoms with E-state index < -0.39 is 5.97 Å². The highest BCUT2D eigenvalue weighted by atomic mass is 35.5. The van der Waals surface area contributed by atoms with Gasteiger partial charge < -0.3 is 9.84 Å². The summed E-state index contributed by atoms with van der Waals surface area (Å²) >= 11 is 6.96. The summed E-state index contributed by atoms with van der Waals surface area (Å²) in [5, 5.41) is 9.71. The maximum Gasteiger partial charge on any atom is 0.313 e. The molecule has 0 fully saturated rings. The van der Waals surface area contributed by atoms with Crippen molar-refractivity contribution in [3.8, 4) is 5.88 Å². The number of allylic oxidation sites excluding steroid dienone is 1. The zero-order chi connectivity index (χ0) is 14.7. The normalized spacial score (nSPS) is 10.7. The molecule has 106 valence electrons. The number of fused-ring (bicyclic) bond motifs is 1. The van der Waals surface area contributed by atoms with E-state index in [1.807, 2.05) is 0 Å². The molecule has 0 amide bonds. The first-order valence-electron chi connectivity index (χ1n) is 5.60. The van der Waals surface area contributed by atoms with Gasteiger partial charge in [-0.15, -0.1) is 0 Å². The average Bonchev–Trinajstić information content (AvgIpc) is 2.73. The zero-order valence-electron chi connectivity index (χ0n) is 10.7. The number of imidazole rings is 1. The van der Waals surface area contributed by atoms with E-state index in [1.165, 1.54) is 7.11 Å². The first-order chi connectivity index (χ1) is 9.51. The number of nitrogens with zero attached hydrogens (tertiary/aromatic N) is 3. The van der Waals surface area contributed by atoms with Crippen LogP contribution in [0.1, 0.15) is 0 Å². The SMILES string of the molecule is C=C(Cl)Cn1c(SCC(=O)O)nc2ccc(OC)nc21. The Morgan fingerprint density at radius 1 is 1.55 bits per heavy atom. The third-order valence-corrected chi connectivity index (χ3v) is 3.48. The van der Waals surface area contributed by atoms with Crippen molar-refractivity contribution in [2.45, 2.75) is 11.7 Å². The van der Waals surface area contributed by atoms with E-state index in [2.05, 4.69) is 16.5 Å². The molecule has 0 spiro atoms. The predicted octanol–water partition coefficient (Wildman–Crippen LogP) is 2.37. The van der Waals surface area contributed by atoms with Crippen LogP contribution in [0.4, 0.5) is 0 Å². The highest BCUT2D eigenvalue weighted by Gasteiger charge is 2.15. The van der Waals surface area contributed by atoms with Crippen LogP contribution in [0.3, 0.4) is 0 Å². The van der Waals surface area contributed by atoms with Crippen molar-refractivity contribution < 1.29 is 14.6 Å². The quantitative estimate of drug-likeness (QED) is 0.825. The number of ether oxygens (including phenoxy) is 1. The van der Waals surface area contributed by atoms with Gasteiger partial charge in [0.2, 0.25) is 5.88 Å². The molecule has 0 saturated heterocycles. The van der Waals surface area contributed by atoms with E-state index in [-0.39, 0.29) is 5.75 Å². The van der Waals surface area contributed by atoms with Gasteiger partial charge in [0.1, 0.15) is 5.52 Å². The standard InChI is InChI=1S/C12H12ClN3O3S/c1-7(13)5-16-11-8(3-4-9(15-11)19-2)14-12(16)20-6-10(17)18/h3-4H,1,5-6H2,2H3,(H,17,18). The molecule has 0 aliphatic carbocycles. The van der Waals surface area contributed by atoms with Gasteiger partial charge in [0.05, 0.1) is 19.4 Å². The van der Waals surface area contributed by atoms with Crippen LogP contribution < -0.4 is 4.74 Å². The van der Waals surface area contributed by atoms with E-state index in [9.17, 15) is 4.79 Å². The lowest BCUT2D eigenvalue weighted by Gasteiger charge is -2.06. The Morgan fingerprint density at radius 3 is 2.90 bits per heavy atom. The van der Waals surface area contributed by atoms with E-state index >= 15 is 0 Å². The fourth-order valence-corrected chi connectivity index (χ4v) is 2.47. The minimum Gasteiger partial charge on any atom is -0.481 e. The molecule has 0 bridgehead atoms. The Bertz CT molecular complexity index is 671. The summed E-state index contributed by atoms with van der Waals surface area (Å²) in [5.41, 5.74) is 1.23. The maximum absolute atomic E-state index is 10.7. The molecule has 2 aromatic rings. The lowest BCUT2D eigenvalue weighted by molar-refractivity contribution is -0.133. The van der Waals surface area contributed by atoms with Crippen LogP contribution in [0.25, 0.3) is 11.2 Å². The van der Waals surface area contributed by atoms with Crippen LogP contribution >= 0.6 is 23.4 Å². The summed E-state index contributed by atoms with van der Waals surface area (Å²) in [7, 11) is 1.52. The average molecular weight is 314 g/mol. The minimum atomic E-state index is -0.913. The molecule has 2 rings (SSSR count). The number of pyridine rings is 1. The topological polar surface area (TPSA) is 77.2 Å². The number of halogens is 1. The zero-order valence-corrected chi connectivity index (χ0v) is 12.2. The van der Waals surface area contributed by atoms with Gasteiger partial charge in [-0.2, -0.15) is 4.98 Å². The number of aliphatic carboxylic acids is 1. The van der Waals surface area contributed by atoms with Crippen LogP contribution in [-0.2, 0) is 11.3 Å². The Hall–Kier alpha value is -1.73. The fraction of sp³-hybridized carbons (Fsp3) is 0.250. The summed E-state index contributed by atoms with van der Waals surface area (Å²) in [4.78, 5) is 19.4. The van der Waals surface area contributed by atoms with Gasteiger partial charge in [0, 0.05) is 11.1 Å². The van der Waals surface area contributed by atoms with Gasteiger partial charge in [-0.1, -0.05) is 29.9 Å². The molecule has 0 saturated carbocycles. The first kappa shape index (κ1) is 14.7. The first-order valence-corrected chi connectivity index (χ1v) is 6.96. The molecule has 8 heteroatoms. The number of rotatable bonds is 6. The van der Waals surface area contributed by atoms with Crippen LogP contribution in [0, 0.1) is 0 Å². The van der Waals surface area contributed by atoms with Crippen LogP contribution in [0.2, 0.25) is 0 Å². The van der Waals surface area contributed by atoms with Crippen molar-refractivity contribution in [1.29, 1.82) is 0 Å². The molecule has 6 nitrogen and oxygen atoms in total. The van der Waals surface area contributed by atoms with Gasteiger partial charge in [-0.05, 0) is 6.07 Å². The molecule has 0 aliphatic rings. The van der Waals surface area contributed by atoms with Crippen LogP contribution in [0.5, 0.6) is 5.88 Å². The number of methoxy groups -OCH3 is 1. The molecule has 0 aromatic carbocycles. The third-order valence-electron chi connectivity index (χ3n) is 2.40. The Morgan fingerprint density at radius 2 is 2.30 bits per heavy atom. The van der Waals surface area contributed by atoms with Crippen molar-refractivity contribution in [3.05, 3.63) is 23.7 Å². The Balaban J connectivity index is 2.48. The number of carboxylic acids is 1. The molecular weight excluding hydrogens is 302 g/mol. The van der Waals surface area contributed by atoms with Gasteiger partial charge in [0.25, 0.3) is 0 Å². The van der Waals surface area contributed by atoms with Gasteiger partial charge >= 0.3 is 5.97 Å². The number of hydrogen-bond donors (Lipinski definition) is 1. The van der Waals surface area contributed by atoms with Gasteiger partial charge in [-0.25, -0.2) is 4.98 Å².